The van der Waals surface area contributed by atoms with Crippen molar-refractivity contribution < 1.29 is 14.0 Å². The Hall–Kier alpha value is -2.24. The Morgan fingerprint density at radius 1 is 1.26 bits per heavy atom. The molecule has 1 N–H and O–H groups in total. The van der Waals surface area contributed by atoms with Gasteiger partial charge in [-0.2, -0.15) is 5.10 Å². The molecule has 0 atom stereocenters. The lowest BCUT2D eigenvalue weighted by Crippen LogP contribution is -2.39. The van der Waals surface area contributed by atoms with Gasteiger partial charge >= 0.3 is 11.8 Å². The van der Waals surface area contributed by atoms with Crippen molar-refractivity contribution in [1.29, 1.82) is 0 Å². The highest BCUT2D eigenvalue weighted by Gasteiger charge is 2.23. The quantitative estimate of drug-likeness (QED) is 0.489. The molecule has 1 aliphatic heterocycles. The van der Waals surface area contributed by atoms with Crippen LogP contribution in [0.25, 0.3) is 0 Å². The monoisotopic (exact) mass is 263 g/mol. The number of amides is 2. The first-order valence-corrected chi connectivity index (χ1v) is 6.05. The van der Waals surface area contributed by atoms with Crippen LogP contribution in [0, 0.1) is 5.82 Å². The Kier molecular flexibility index (Phi) is 4.22. The number of carbonyl (C=O) groups excluding carboxylic acids is 2. The molecule has 5 nitrogen and oxygen atoms in total. The predicted molar refractivity (Wildman–Crippen MR) is 68.0 cm³/mol. The van der Waals surface area contributed by atoms with E-state index >= 15 is 0 Å². The van der Waals surface area contributed by atoms with E-state index in [0.29, 0.717) is 13.1 Å². The van der Waals surface area contributed by atoms with Gasteiger partial charge in [0, 0.05) is 18.7 Å². The summed E-state index contributed by atoms with van der Waals surface area (Å²) in [5.74, 6) is -1.83. The van der Waals surface area contributed by atoms with Gasteiger partial charge in [-0.3, -0.25) is 9.59 Å². The van der Waals surface area contributed by atoms with Gasteiger partial charge in [0.2, 0.25) is 0 Å². The molecule has 100 valence electrons. The number of hydrogen-bond donors (Lipinski definition) is 1. The molecule has 0 bridgehead atoms. The first-order chi connectivity index (χ1) is 9.18. The number of nitrogens with zero attached hydrogens (tertiary/aromatic N) is 2. The summed E-state index contributed by atoms with van der Waals surface area (Å²) in [5.41, 5.74) is 2.35. The van der Waals surface area contributed by atoms with Crippen molar-refractivity contribution in [1.82, 2.24) is 10.3 Å². The van der Waals surface area contributed by atoms with E-state index in [2.05, 4.69) is 10.5 Å². The minimum Gasteiger partial charge on any atom is -0.334 e. The van der Waals surface area contributed by atoms with Gasteiger partial charge in [0.1, 0.15) is 5.82 Å². The van der Waals surface area contributed by atoms with E-state index in [-0.39, 0.29) is 5.56 Å². The maximum absolute atomic E-state index is 13.2. The SMILES string of the molecule is O=C(N/N=C/c1ccccc1F)C(=O)N1CCCC1. The molecule has 0 aromatic heterocycles. The van der Waals surface area contributed by atoms with Crippen LogP contribution < -0.4 is 5.43 Å². The molecule has 1 saturated heterocycles. The van der Waals surface area contributed by atoms with Gasteiger partial charge in [-0.05, 0) is 18.9 Å². The number of hydrazone groups is 1. The van der Waals surface area contributed by atoms with Gasteiger partial charge in [0.25, 0.3) is 0 Å². The van der Waals surface area contributed by atoms with E-state index in [1.807, 2.05) is 0 Å². The average Bonchev–Trinajstić information content (AvgIpc) is 2.94. The third-order valence-corrected chi connectivity index (χ3v) is 2.86. The normalized spacial score (nSPS) is 14.9. The maximum Gasteiger partial charge on any atom is 0.329 e. The molecule has 1 aliphatic rings. The standard InChI is InChI=1S/C13H14FN3O2/c14-11-6-2-1-5-10(11)9-15-16-12(18)13(19)17-7-3-4-8-17/h1-2,5-6,9H,3-4,7-8H2,(H,16,18)/b15-9+. The van der Waals surface area contributed by atoms with E-state index in [1.165, 1.54) is 23.2 Å². The number of rotatable bonds is 2. The van der Waals surface area contributed by atoms with Gasteiger partial charge in [-0.15, -0.1) is 0 Å². The zero-order valence-electron chi connectivity index (χ0n) is 10.3. The van der Waals surface area contributed by atoms with Crippen LogP contribution in [0.5, 0.6) is 0 Å². The minimum atomic E-state index is -0.797. The molecule has 0 unspecified atom stereocenters. The number of hydrogen-bond acceptors (Lipinski definition) is 3. The van der Waals surface area contributed by atoms with Crippen molar-refractivity contribution in [3.05, 3.63) is 35.6 Å². The van der Waals surface area contributed by atoms with E-state index in [1.54, 1.807) is 12.1 Å². The molecule has 0 saturated carbocycles. The number of likely N-dealkylation sites (tertiary alicyclic amines) is 1. The Morgan fingerprint density at radius 2 is 1.95 bits per heavy atom. The largest absolute Gasteiger partial charge is 0.334 e. The van der Waals surface area contributed by atoms with Gasteiger partial charge in [-0.25, -0.2) is 9.82 Å². The highest BCUT2D eigenvalue weighted by Crippen LogP contribution is 2.07. The number of halogens is 1. The lowest BCUT2D eigenvalue weighted by molar-refractivity contribution is -0.145. The zero-order valence-corrected chi connectivity index (χ0v) is 10.3. The van der Waals surface area contributed by atoms with Gasteiger partial charge < -0.3 is 4.90 Å². The molecule has 1 aromatic carbocycles. The molecular formula is C13H14FN3O2. The van der Waals surface area contributed by atoms with E-state index in [0.717, 1.165) is 12.8 Å². The molecule has 19 heavy (non-hydrogen) atoms. The smallest absolute Gasteiger partial charge is 0.329 e. The summed E-state index contributed by atoms with van der Waals surface area (Å²) in [6.07, 6.45) is 3.00. The second-order valence-corrected chi connectivity index (χ2v) is 4.22. The van der Waals surface area contributed by atoms with Gasteiger partial charge in [0.05, 0.1) is 6.21 Å². The predicted octanol–water partition coefficient (Wildman–Crippen LogP) is 0.898. The van der Waals surface area contributed by atoms with Crippen molar-refractivity contribution in [3.63, 3.8) is 0 Å². The van der Waals surface area contributed by atoms with E-state index < -0.39 is 17.6 Å². The Balaban J connectivity index is 1.89. The summed E-state index contributed by atoms with van der Waals surface area (Å²) in [7, 11) is 0. The molecule has 1 fully saturated rings. The third-order valence-electron chi connectivity index (χ3n) is 2.86. The summed E-state index contributed by atoms with van der Waals surface area (Å²) in [5, 5.41) is 3.58. The van der Waals surface area contributed by atoms with Crippen molar-refractivity contribution in [3.8, 4) is 0 Å². The molecule has 2 amide bonds. The highest BCUT2D eigenvalue weighted by molar-refractivity contribution is 6.35. The van der Waals surface area contributed by atoms with Crippen LogP contribution in [-0.2, 0) is 9.59 Å². The Labute approximate surface area is 110 Å². The van der Waals surface area contributed by atoms with Crippen LogP contribution in [0.15, 0.2) is 29.4 Å². The van der Waals surface area contributed by atoms with Crippen LogP contribution in [0.1, 0.15) is 18.4 Å². The van der Waals surface area contributed by atoms with Gasteiger partial charge in [-0.1, -0.05) is 18.2 Å². The van der Waals surface area contributed by atoms with Crippen molar-refractivity contribution in [2.45, 2.75) is 12.8 Å². The topological polar surface area (TPSA) is 61.8 Å². The van der Waals surface area contributed by atoms with Crippen molar-refractivity contribution >= 4 is 18.0 Å². The van der Waals surface area contributed by atoms with E-state index in [9.17, 15) is 14.0 Å². The zero-order chi connectivity index (χ0) is 13.7. The molecule has 6 heteroatoms. The third kappa shape index (κ3) is 3.37. The molecule has 2 rings (SSSR count). The summed E-state index contributed by atoms with van der Waals surface area (Å²) in [4.78, 5) is 24.6. The Bertz CT molecular complexity index is 510. The summed E-state index contributed by atoms with van der Waals surface area (Å²) < 4.78 is 13.2. The fourth-order valence-corrected chi connectivity index (χ4v) is 1.85. The van der Waals surface area contributed by atoms with Crippen molar-refractivity contribution in [2.75, 3.05) is 13.1 Å². The number of benzene rings is 1. The Morgan fingerprint density at radius 3 is 2.63 bits per heavy atom. The molecule has 0 spiro atoms. The first kappa shape index (κ1) is 13.2. The number of nitrogens with one attached hydrogen (secondary N) is 1. The minimum absolute atomic E-state index is 0.247. The fraction of sp³-hybridized carbons (Fsp3) is 0.308. The van der Waals surface area contributed by atoms with E-state index in [4.69, 9.17) is 0 Å². The maximum atomic E-state index is 13.2. The number of carbonyl (C=O) groups is 2. The summed E-state index contributed by atoms with van der Waals surface area (Å²) in [6, 6.07) is 6.02. The lowest BCUT2D eigenvalue weighted by Gasteiger charge is -2.12. The molecular weight excluding hydrogens is 249 g/mol. The highest BCUT2D eigenvalue weighted by atomic mass is 19.1. The molecule has 1 aromatic rings. The van der Waals surface area contributed by atoms with Crippen LogP contribution in [-0.4, -0.2) is 36.0 Å². The molecule has 0 aliphatic carbocycles. The second-order valence-electron chi connectivity index (χ2n) is 4.22. The molecule has 1 heterocycles. The average molecular weight is 263 g/mol. The fourth-order valence-electron chi connectivity index (χ4n) is 1.85. The van der Waals surface area contributed by atoms with Crippen LogP contribution in [0.4, 0.5) is 4.39 Å². The van der Waals surface area contributed by atoms with Crippen LogP contribution in [0.3, 0.4) is 0 Å². The summed E-state index contributed by atoms with van der Waals surface area (Å²) >= 11 is 0. The summed E-state index contributed by atoms with van der Waals surface area (Å²) in [6.45, 7) is 1.20. The first-order valence-electron chi connectivity index (χ1n) is 6.05. The van der Waals surface area contributed by atoms with Crippen molar-refractivity contribution in [2.24, 2.45) is 5.10 Å². The van der Waals surface area contributed by atoms with Crippen LogP contribution in [0.2, 0.25) is 0 Å². The second kappa shape index (κ2) is 6.08. The van der Waals surface area contributed by atoms with Crippen LogP contribution >= 0.6 is 0 Å². The molecule has 0 radical (unpaired) electrons. The lowest BCUT2D eigenvalue weighted by atomic mass is 10.2. The van der Waals surface area contributed by atoms with Gasteiger partial charge in [0.15, 0.2) is 0 Å².